The van der Waals surface area contributed by atoms with E-state index in [2.05, 4.69) is 0 Å². The SMILES string of the molecule is OCc1ccc(F)c(OCC2CC2)c1. The van der Waals surface area contributed by atoms with E-state index in [0.717, 1.165) is 0 Å². The fraction of sp³-hybridized carbons (Fsp3) is 0.455. The predicted octanol–water partition coefficient (Wildman–Crippen LogP) is 2.11. The average molecular weight is 196 g/mol. The summed E-state index contributed by atoms with van der Waals surface area (Å²) in [6, 6.07) is 4.44. The molecule has 1 fully saturated rings. The Morgan fingerprint density at radius 2 is 2.21 bits per heavy atom. The third-order valence-corrected chi connectivity index (χ3v) is 2.35. The summed E-state index contributed by atoms with van der Waals surface area (Å²) in [6.45, 7) is 0.506. The monoisotopic (exact) mass is 196 g/mol. The van der Waals surface area contributed by atoms with Gasteiger partial charge in [-0.2, -0.15) is 0 Å². The van der Waals surface area contributed by atoms with E-state index in [1.807, 2.05) is 0 Å². The van der Waals surface area contributed by atoms with E-state index in [0.29, 0.717) is 18.1 Å². The highest BCUT2D eigenvalue weighted by molar-refractivity contribution is 5.29. The second-order valence-corrected chi connectivity index (χ2v) is 3.68. The molecule has 2 rings (SSSR count). The molecule has 0 aromatic heterocycles. The zero-order valence-electron chi connectivity index (χ0n) is 7.87. The molecule has 0 amide bonds. The number of hydrogen-bond acceptors (Lipinski definition) is 2. The van der Waals surface area contributed by atoms with E-state index >= 15 is 0 Å². The van der Waals surface area contributed by atoms with Gasteiger partial charge in [0.15, 0.2) is 11.6 Å². The summed E-state index contributed by atoms with van der Waals surface area (Å²) in [5.41, 5.74) is 0.678. The van der Waals surface area contributed by atoms with E-state index in [4.69, 9.17) is 9.84 Å². The molecule has 0 spiro atoms. The number of aliphatic hydroxyl groups excluding tert-OH is 1. The third kappa shape index (κ3) is 2.23. The molecule has 1 N–H and O–H groups in total. The van der Waals surface area contributed by atoms with Gasteiger partial charge in [-0.1, -0.05) is 6.07 Å². The molecule has 0 aliphatic heterocycles. The average Bonchev–Trinajstić information content (AvgIpc) is 3.00. The number of benzene rings is 1. The van der Waals surface area contributed by atoms with Crippen molar-refractivity contribution in [3.05, 3.63) is 29.6 Å². The normalized spacial score (nSPS) is 15.6. The van der Waals surface area contributed by atoms with Crippen LogP contribution in [0.3, 0.4) is 0 Å². The molecule has 76 valence electrons. The molecule has 1 aromatic carbocycles. The molecule has 1 aliphatic rings. The maximum atomic E-state index is 13.2. The van der Waals surface area contributed by atoms with Crippen LogP contribution in [0.25, 0.3) is 0 Å². The number of halogens is 1. The Morgan fingerprint density at radius 1 is 1.43 bits per heavy atom. The van der Waals surface area contributed by atoms with Crippen molar-refractivity contribution in [1.29, 1.82) is 0 Å². The van der Waals surface area contributed by atoms with Crippen LogP contribution in [0.5, 0.6) is 5.75 Å². The highest BCUT2D eigenvalue weighted by Gasteiger charge is 2.22. The van der Waals surface area contributed by atoms with Gasteiger partial charge in [0.05, 0.1) is 13.2 Å². The standard InChI is InChI=1S/C11H13FO2/c12-10-4-3-9(6-13)5-11(10)14-7-8-1-2-8/h3-5,8,13H,1-2,6-7H2. The van der Waals surface area contributed by atoms with Gasteiger partial charge in [0.1, 0.15) is 0 Å². The molecule has 1 aromatic rings. The van der Waals surface area contributed by atoms with Crippen molar-refractivity contribution < 1.29 is 14.2 Å². The maximum Gasteiger partial charge on any atom is 0.165 e. The van der Waals surface area contributed by atoms with E-state index < -0.39 is 0 Å². The zero-order chi connectivity index (χ0) is 9.97. The molecular weight excluding hydrogens is 183 g/mol. The van der Waals surface area contributed by atoms with Gasteiger partial charge in [-0.05, 0) is 36.5 Å². The lowest BCUT2D eigenvalue weighted by molar-refractivity contribution is 0.272. The quantitative estimate of drug-likeness (QED) is 0.799. The van der Waals surface area contributed by atoms with Gasteiger partial charge in [-0.25, -0.2) is 4.39 Å². The molecule has 0 bridgehead atoms. The van der Waals surface area contributed by atoms with Crippen molar-refractivity contribution in [3.8, 4) is 5.75 Å². The zero-order valence-corrected chi connectivity index (χ0v) is 7.87. The predicted molar refractivity (Wildman–Crippen MR) is 50.5 cm³/mol. The smallest absolute Gasteiger partial charge is 0.165 e. The highest BCUT2D eigenvalue weighted by Crippen LogP contribution is 2.30. The molecular formula is C11H13FO2. The molecule has 3 heteroatoms. The van der Waals surface area contributed by atoms with Gasteiger partial charge in [-0.3, -0.25) is 0 Å². The Labute approximate surface area is 82.3 Å². The van der Waals surface area contributed by atoms with Crippen LogP contribution in [0.1, 0.15) is 18.4 Å². The maximum absolute atomic E-state index is 13.2. The van der Waals surface area contributed by atoms with Crippen molar-refractivity contribution in [3.63, 3.8) is 0 Å². The van der Waals surface area contributed by atoms with E-state index in [1.165, 1.54) is 18.9 Å². The van der Waals surface area contributed by atoms with Crippen LogP contribution in [0.2, 0.25) is 0 Å². The summed E-state index contributed by atoms with van der Waals surface area (Å²) in [4.78, 5) is 0. The first-order chi connectivity index (χ1) is 6.79. The van der Waals surface area contributed by atoms with Crippen molar-refractivity contribution in [2.75, 3.05) is 6.61 Å². The minimum Gasteiger partial charge on any atom is -0.490 e. The summed E-state index contributed by atoms with van der Waals surface area (Å²) < 4.78 is 18.5. The molecule has 0 radical (unpaired) electrons. The van der Waals surface area contributed by atoms with E-state index in [9.17, 15) is 4.39 Å². The number of rotatable bonds is 4. The van der Waals surface area contributed by atoms with Gasteiger partial charge >= 0.3 is 0 Å². The fourth-order valence-corrected chi connectivity index (χ4v) is 1.25. The second kappa shape index (κ2) is 3.96. The summed E-state index contributed by atoms with van der Waals surface area (Å²) in [6.07, 6.45) is 2.36. The summed E-state index contributed by atoms with van der Waals surface area (Å²) in [5.74, 6) is 0.499. The lowest BCUT2D eigenvalue weighted by Gasteiger charge is -2.07. The Hall–Kier alpha value is -1.09. The highest BCUT2D eigenvalue weighted by atomic mass is 19.1. The molecule has 0 saturated heterocycles. The molecule has 0 atom stereocenters. The van der Waals surface area contributed by atoms with E-state index in [1.54, 1.807) is 12.1 Å². The van der Waals surface area contributed by atoms with Crippen molar-refractivity contribution in [2.45, 2.75) is 19.4 Å². The van der Waals surface area contributed by atoms with Gasteiger partial charge in [0, 0.05) is 0 Å². The topological polar surface area (TPSA) is 29.5 Å². The van der Waals surface area contributed by atoms with E-state index in [-0.39, 0.29) is 18.2 Å². The van der Waals surface area contributed by atoms with Crippen LogP contribution in [0, 0.1) is 11.7 Å². The summed E-state index contributed by atoms with van der Waals surface area (Å²) >= 11 is 0. The minimum atomic E-state index is -0.358. The minimum absolute atomic E-state index is 0.0833. The van der Waals surface area contributed by atoms with Crippen LogP contribution in [0.15, 0.2) is 18.2 Å². The van der Waals surface area contributed by atoms with Gasteiger partial charge in [0.25, 0.3) is 0 Å². The molecule has 0 heterocycles. The summed E-state index contributed by atoms with van der Waals surface area (Å²) in [5, 5.41) is 8.86. The first-order valence-electron chi connectivity index (χ1n) is 4.81. The van der Waals surface area contributed by atoms with Gasteiger partial charge in [-0.15, -0.1) is 0 Å². The van der Waals surface area contributed by atoms with Crippen molar-refractivity contribution >= 4 is 0 Å². The number of hydrogen-bond donors (Lipinski definition) is 1. The first-order valence-corrected chi connectivity index (χ1v) is 4.81. The lowest BCUT2D eigenvalue weighted by atomic mass is 10.2. The van der Waals surface area contributed by atoms with Crippen LogP contribution < -0.4 is 4.74 Å². The second-order valence-electron chi connectivity index (χ2n) is 3.68. The molecule has 2 nitrogen and oxygen atoms in total. The Bertz CT molecular complexity index is 321. The van der Waals surface area contributed by atoms with Crippen LogP contribution >= 0.6 is 0 Å². The van der Waals surface area contributed by atoms with Crippen LogP contribution in [0.4, 0.5) is 4.39 Å². The fourth-order valence-electron chi connectivity index (χ4n) is 1.25. The number of aliphatic hydroxyl groups is 1. The third-order valence-electron chi connectivity index (χ3n) is 2.35. The van der Waals surface area contributed by atoms with Crippen molar-refractivity contribution in [1.82, 2.24) is 0 Å². The molecule has 14 heavy (non-hydrogen) atoms. The molecule has 1 aliphatic carbocycles. The Morgan fingerprint density at radius 3 is 2.86 bits per heavy atom. The lowest BCUT2D eigenvalue weighted by Crippen LogP contribution is -2.01. The Kier molecular flexibility index (Phi) is 2.68. The van der Waals surface area contributed by atoms with Gasteiger partial charge in [0.2, 0.25) is 0 Å². The number of ether oxygens (including phenoxy) is 1. The van der Waals surface area contributed by atoms with Gasteiger partial charge < -0.3 is 9.84 Å². The molecule has 1 saturated carbocycles. The van der Waals surface area contributed by atoms with Crippen LogP contribution in [-0.4, -0.2) is 11.7 Å². The summed E-state index contributed by atoms with van der Waals surface area (Å²) in [7, 11) is 0. The largest absolute Gasteiger partial charge is 0.490 e. The van der Waals surface area contributed by atoms with Crippen molar-refractivity contribution in [2.24, 2.45) is 5.92 Å². The van der Waals surface area contributed by atoms with Crippen LogP contribution in [-0.2, 0) is 6.61 Å². The molecule has 0 unspecified atom stereocenters. The first kappa shape index (κ1) is 9.46. The Balaban J connectivity index is 2.04.